The standard InChI is InChI=1S/C10H22N2O3S/c1-5-8(6-7-11)12-9(13)10(2,3)16(4,14)15/h8H,5-7,11H2,1-4H3,(H,12,13). The summed E-state index contributed by atoms with van der Waals surface area (Å²) in [5.74, 6) is -0.463. The van der Waals surface area contributed by atoms with Gasteiger partial charge in [-0.3, -0.25) is 4.79 Å². The molecule has 0 spiro atoms. The van der Waals surface area contributed by atoms with Crippen LogP contribution in [-0.4, -0.2) is 37.9 Å². The molecule has 1 amide bonds. The molecule has 96 valence electrons. The topological polar surface area (TPSA) is 89.3 Å². The van der Waals surface area contributed by atoms with Gasteiger partial charge in [-0.1, -0.05) is 6.92 Å². The van der Waals surface area contributed by atoms with Crippen molar-refractivity contribution in [1.29, 1.82) is 0 Å². The molecule has 16 heavy (non-hydrogen) atoms. The Morgan fingerprint density at radius 1 is 1.44 bits per heavy atom. The molecule has 6 heteroatoms. The van der Waals surface area contributed by atoms with Gasteiger partial charge >= 0.3 is 0 Å². The summed E-state index contributed by atoms with van der Waals surface area (Å²) in [5.41, 5.74) is 5.41. The van der Waals surface area contributed by atoms with E-state index in [4.69, 9.17) is 5.73 Å². The van der Waals surface area contributed by atoms with Gasteiger partial charge in [0.2, 0.25) is 5.91 Å². The van der Waals surface area contributed by atoms with Crippen molar-refractivity contribution in [3.05, 3.63) is 0 Å². The molecule has 0 aromatic rings. The minimum atomic E-state index is -3.41. The number of amides is 1. The minimum absolute atomic E-state index is 0.0569. The van der Waals surface area contributed by atoms with Crippen LogP contribution in [0.3, 0.4) is 0 Å². The third-order valence-electron chi connectivity index (χ3n) is 2.82. The van der Waals surface area contributed by atoms with Crippen LogP contribution in [0, 0.1) is 0 Å². The molecule has 1 unspecified atom stereocenters. The van der Waals surface area contributed by atoms with Crippen molar-refractivity contribution in [1.82, 2.24) is 5.32 Å². The van der Waals surface area contributed by atoms with Gasteiger partial charge < -0.3 is 11.1 Å². The second-order valence-corrected chi connectivity index (χ2v) is 7.00. The Kier molecular flexibility index (Phi) is 5.41. The van der Waals surface area contributed by atoms with Crippen LogP contribution in [0.5, 0.6) is 0 Å². The molecule has 3 N–H and O–H groups in total. The SMILES string of the molecule is CCC(CCN)NC(=O)C(C)(C)S(C)(=O)=O. The Morgan fingerprint density at radius 2 is 1.94 bits per heavy atom. The molecule has 0 heterocycles. The molecule has 0 fully saturated rings. The van der Waals surface area contributed by atoms with E-state index in [2.05, 4.69) is 5.32 Å². The van der Waals surface area contributed by atoms with Crippen LogP contribution < -0.4 is 11.1 Å². The van der Waals surface area contributed by atoms with Gasteiger partial charge in [-0.25, -0.2) is 8.42 Å². The summed E-state index contributed by atoms with van der Waals surface area (Å²) in [6.07, 6.45) is 2.46. The maximum absolute atomic E-state index is 11.8. The third-order valence-corrected chi connectivity index (χ3v) is 4.86. The quantitative estimate of drug-likeness (QED) is 0.697. The van der Waals surface area contributed by atoms with E-state index in [1.54, 1.807) is 0 Å². The lowest BCUT2D eigenvalue weighted by molar-refractivity contribution is -0.123. The Morgan fingerprint density at radius 3 is 2.25 bits per heavy atom. The van der Waals surface area contributed by atoms with Crippen LogP contribution in [-0.2, 0) is 14.6 Å². The predicted molar refractivity (Wildman–Crippen MR) is 64.8 cm³/mol. The summed E-state index contributed by atoms with van der Waals surface area (Å²) in [7, 11) is -3.41. The monoisotopic (exact) mass is 250 g/mol. The molecule has 0 rings (SSSR count). The summed E-state index contributed by atoms with van der Waals surface area (Å²) in [5, 5.41) is 2.72. The van der Waals surface area contributed by atoms with Crippen molar-refractivity contribution in [3.63, 3.8) is 0 Å². The second-order valence-electron chi connectivity index (χ2n) is 4.44. The van der Waals surface area contributed by atoms with Crippen molar-refractivity contribution in [2.45, 2.75) is 44.4 Å². The zero-order chi connectivity index (χ0) is 13.0. The highest BCUT2D eigenvalue weighted by atomic mass is 32.2. The largest absolute Gasteiger partial charge is 0.352 e. The molecule has 0 aromatic heterocycles. The summed E-state index contributed by atoms with van der Waals surface area (Å²) in [4.78, 5) is 11.8. The minimum Gasteiger partial charge on any atom is -0.352 e. The summed E-state index contributed by atoms with van der Waals surface area (Å²) in [6.45, 7) is 5.21. The summed E-state index contributed by atoms with van der Waals surface area (Å²) >= 11 is 0. The van der Waals surface area contributed by atoms with Gasteiger partial charge in [-0.15, -0.1) is 0 Å². The number of carbonyl (C=O) groups excluding carboxylic acids is 1. The lowest BCUT2D eigenvalue weighted by Gasteiger charge is -2.25. The van der Waals surface area contributed by atoms with Crippen LogP contribution in [0.15, 0.2) is 0 Å². The molecular formula is C10H22N2O3S. The first-order valence-electron chi connectivity index (χ1n) is 5.37. The fraction of sp³-hybridized carbons (Fsp3) is 0.900. The highest BCUT2D eigenvalue weighted by molar-refractivity contribution is 7.92. The lowest BCUT2D eigenvalue weighted by Crippen LogP contribution is -2.51. The Bertz CT molecular complexity index is 336. The maximum atomic E-state index is 11.8. The van der Waals surface area contributed by atoms with Crippen molar-refractivity contribution in [2.75, 3.05) is 12.8 Å². The molecule has 0 aliphatic heterocycles. The average molecular weight is 250 g/mol. The Labute approximate surface area is 97.7 Å². The van der Waals surface area contributed by atoms with Crippen LogP contribution in [0.4, 0.5) is 0 Å². The van der Waals surface area contributed by atoms with Gasteiger partial charge in [0, 0.05) is 12.3 Å². The summed E-state index contributed by atoms with van der Waals surface area (Å²) in [6, 6.07) is -0.0569. The predicted octanol–water partition coefficient (Wildman–Crippen LogP) is 0.0532. The summed E-state index contributed by atoms with van der Waals surface area (Å²) < 4.78 is 21.5. The molecule has 0 saturated heterocycles. The zero-order valence-corrected chi connectivity index (χ0v) is 11.2. The molecule has 5 nitrogen and oxygen atoms in total. The van der Waals surface area contributed by atoms with Crippen LogP contribution in [0.2, 0.25) is 0 Å². The lowest BCUT2D eigenvalue weighted by atomic mass is 10.1. The van der Waals surface area contributed by atoms with E-state index in [-0.39, 0.29) is 6.04 Å². The molecule has 0 aliphatic rings. The van der Waals surface area contributed by atoms with E-state index in [1.165, 1.54) is 13.8 Å². The van der Waals surface area contributed by atoms with Crippen molar-refractivity contribution in [3.8, 4) is 0 Å². The maximum Gasteiger partial charge on any atom is 0.241 e. The fourth-order valence-electron chi connectivity index (χ4n) is 1.11. The van der Waals surface area contributed by atoms with E-state index in [0.717, 1.165) is 12.7 Å². The Balaban J connectivity index is 4.69. The second kappa shape index (κ2) is 5.63. The first-order chi connectivity index (χ1) is 7.16. The van der Waals surface area contributed by atoms with Gasteiger partial charge in [0.15, 0.2) is 9.84 Å². The van der Waals surface area contributed by atoms with E-state index < -0.39 is 20.5 Å². The fourth-order valence-corrected chi connectivity index (χ4v) is 1.50. The van der Waals surface area contributed by atoms with E-state index in [0.29, 0.717) is 13.0 Å². The number of nitrogens with one attached hydrogen (secondary N) is 1. The van der Waals surface area contributed by atoms with Crippen LogP contribution in [0.1, 0.15) is 33.6 Å². The zero-order valence-electron chi connectivity index (χ0n) is 10.4. The van der Waals surface area contributed by atoms with Gasteiger partial charge in [0.25, 0.3) is 0 Å². The van der Waals surface area contributed by atoms with Gasteiger partial charge in [0.05, 0.1) is 0 Å². The van der Waals surface area contributed by atoms with Crippen molar-refractivity contribution in [2.24, 2.45) is 5.73 Å². The van der Waals surface area contributed by atoms with Crippen molar-refractivity contribution >= 4 is 15.7 Å². The first kappa shape index (κ1) is 15.4. The normalized spacial score (nSPS) is 14.6. The number of carbonyl (C=O) groups is 1. The number of hydrogen-bond donors (Lipinski definition) is 2. The number of rotatable bonds is 6. The van der Waals surface area contributed by atoms with E-state index >= 15 is 0 Å². The number of sulfone groups is 1. The molecule has 0 bridgehead atoms. The molecule has 1 atom stereocenters. The molecule has 0 aromatic carbocycles. The van der Waals surface area contributed by atoms with E-state index in [9.17, 15) is 13.2 Å². The molecule has 0 aliphatic carbocycles. The third kappa shape index (κ3) is 3.75. The van der Waals surface area contributed by atoms with Crippen molar-refractivity contribution < 1.29 is 13.2 Å². The smallest absolute Gasteiger partial charge is 0.241 e. The first-order valence-corrected chi connectivity index (χ1v) is 7.26. The highest BCUT2D eigenvalue weighted by Crippen LogP contribution is 2.15. The highest BCUT2D eigenvalue weighted by Gasteiger charge is 2.38. The Hall–Kier alpha value is -0.620. The molecule has 0 saturated carbocycles. The van der Waals surface area contributed by atoms with Crippen LogP contribution >= 0.6 is 0 Å². The van der Waals surface area contributed by atoms with Gasteiger partial charge in [-0.2, -0.15) is 0 Å². The van der Waals surface area contributed by atoms with Gasteiger partial charge in [0.1, 0.15) is 4.75 Å². The van der Waals surface area contributed by atoms with E-state index in [1.807, 2.05) is 6.92 Å². The van der Waals surface area contributed by atoms with Crippen LogP contribution in [0.25, 0.3) is 0 Å². The van der Waals surface area contributed by atoms with Gasteiger partial charge in [-0.05, 0) is 33.2 Å². The molecular weight excluding hydrogens is 228 g/mol. The number of hydrogen-bond acceptors (Lipinski definition) is 4. The number of nitrogens with two attached hydrogens (primary N) is 1. The molecule has 0 radical (unpaired) electrons. The average Bonchev–Trinajstić information content (AvgIpc) is 2.15.